The first-order valence-corrected chi connectivity index (χ1v) is 11.9. The van der Waals surface area contributed by atoms with Crippen LogP contribution in [-0.4, -0.2) is 26.7 Å². The number of nitrogens with zero attached hydrogens (tertiary/aromatic N) is 2. The highest BCUT2D eigenvalue weighted by molar-refractivity contribution is 6.00. The third-order valence-corrected chi connectivity index (χ3v) is 6.09. The van der Waals surface area contributed by atoms with Crippen LogP contribution in [0.25, 0.3) is 11.3 Å². The number of benzene rings is 2. The van der Waals surface area contributed by atoms with Gasteiger partial charge in [-0.25, -0.2) is 4.79 Å². The van der Waals surface area contributed by atoms with Gasteiger partial charge in [0.25, 0.3) is 5.56 Å². The molecule has 0 radical (unpaired) electrons. The van der Waals surface area contributed by atoms with E-state index in [9.17, 15) is 14.4 Å². The van der Waals surface area contributed by atoms with Gasteiger partial charge in [-0.05, 0) is 59.9 Å². The molecule has 1 atom stereocenters. The van der Waals surface area contributed by atoms with E-state index in [0.717, 1.165) is 22.4 Å². The summed E-state index contributed by atoms with van der Waals surface area (Å²) in [5.74, 6) is -0.919. The van der Waals surface area contributed by atoms with Crippen molar-refractivity contribution in [1.82, 2.24) is 9.55 Å². The summed E-state index contributed by atoms with van der Waals surface area (Å²) in [6.45, 7) is 4.16. The highest BCUT2D eigenvalue weighted by Crippen LogP contribution is 2.20. The largest absolute Gasteiger partial charge is 0.481 e. The molecule has 8 heteroatoms. The van der Waals surface area contributed by atoms with Gasteiger partial charge in [-0.3, -0.25) is 14.6 Å². The van der Waals surface area contributed by atoms with Gasteiger partial charge in [0.1, 0.15) is 0 Å². The Hall–Kier alpha value is -4.72. The Morgan fingerprint density at radius 1 is 0.973 bits per heavy atom. The van der Waals surface area contributed by atoms with Crippen LogP contribution in [0.1, 0.15) is 36.0 Å². The number of rotatable bonds is 8. The molecule has 37 heavy (non-hydrogen) atoms. The summed E-state index contributed by atoms with van der Waals surface area (Å²) >= 11 is 0. The second kappa shape index (κ2) is 11.3. The molecule has 188 valence electrons. The van der Waals surface area contributed by atoms with Crippen LogP contribution >= 0.6 is 0 Å². The monoisotopic (exact) mass is 496 g/mol. The lowest BCUT2D eigenvalue weighted by atomic mass is 9.97. The topological polar surface area (TPSA) is 113 Å². The van der Waals surface area contributed by atoms with Gasteiger partial charge in [-0.2, -0.15) is 0 Å². The van der Waals surface area contributed by atoms with Crippen LogP contribution < -0.4 is 16.2 Å². The maximum Gasteiger partial charge on any atom is 0.323 e. The first kappa shape index (κ1) is 25.4. The number of pyridine rings is 2. The van der Waals surface area contributed by atoms with Gasteiger partial charge in [0.15, 0.2) is 0 Å². The van der Waals surface area contributed by atoms with Gasteiger partial charge in [-0.1, -0.05) is 49.4 Å². The Kier molecular flexibility index (Phi) is 7.78. The molecule has 0 aliphatic rings. The van der Waals surface area contributed by atoms with Crippen molar-refractivity contribution in [2.75, 3.05) is 10.6 Å². The van der Waals surface area contributed by atoms with Crippen molar-refractivity contribution in [3.8, 4) is 11.3 Å². The Morgan fingerprint density at radius 2 is 1.73 bits per heavy atom. The molecule has 3 N–H and O–H groups in total. The van der Waals surface area contributed by atoms with Crippen LogP contribution in [0.4, 0.5) is 16.2 Å². The number of urea groups is 1. The lowest BCUT2D eigenvalue weighted by molar-refractivity contribution is -0.137. The molecule has 2 aromatic carbocycles. The number of carboxylic acid groups (broad SMARTS) is 1. The van der Waals surface area contributed by atoms with Crippen LogP contribution in [0, 0.1) is 6.92 Å². The second-order valence-corrected chi connectivity index (χ2v) is 8.92. The van der Waals surface area contributed by atoms with Gasteiger partial charge in [0.05, 0.1) is 36.1 Å². The molecule has 0 aliphatic carbocycles. The fourth-order valence-electron chi connectivity index (χ4n) is 4.01. The van der Waals surface area contributed by atoms with Gasteiger partial charge >= 0.3 is 12.0 Å². The molecule has 0 unspecified atom stereocenters. The van der Waals surface area contributed by atoms with Crippen molar-refractivity contribution in [3.63, 3.8) is 0 Å². The van der Waals surface area contributed by atoms with Gasteiger partial charge in [-0.15, -0.1) is 0 Å². The summed E-state index contributed by atoms with van der Waals surface area (Å²) in [6, 6.07) is 21.7. The summed E-state index contributed by atoms with van der Waals surface area (Å²) in [6.07, 6.45) is 3.30. The van der Waals surface area contributed by atoms with Crippen molar-refractivity contribution in [1.29, 1.82) is 0 Å². The van der Waals surface area contributed by atoms with E-state index in [1.807, 2.05) is 62.4 Å². The average molecular weight is 497 g/mol. The van der Waals surface area contributed by atoms with Crippen molar-refractivity contribution < 1.29 is 14.7 Å². The number of nitrogens with one attached hydrogen (secondary N) is 2. The molecular formula is C29H28N4O4. The zero-order chi connectivity index (χ0) is 26.4. The Labute approximate surface area is 214 Å². The summed E-state index contributed by atoms with van der Waals surface area (Å²) in [5, 5.41) is 14.6. The van der Waals surface area contributed by atoms with Gasteiger partial charge < -0.3 is 20.3 Å². The summed E-state index contributed by atoms with van der Waals surface area (Å²) < 4.78 is 1.61. The quantitative estimate of drug-likeness (QED) is 0.299. The molecule has 0 aliphatic heterocycles. The minimum Gasteiger partial charge on any atom is -0.481 e. The fraction of sp³-hybridized carbons (Fsp3) is 0.172. The zero-order valence-electron chi connectivity index (χ0n) is 20.6. The Morgan fingerprint density at radius 3 is 2.41 bits per heavy atom. The first-order chi connectivity index (χ1) is 17.8. The molecular weight excluding hydrogens is 468 g/mol. The van der Waals surface area contributed by atoms with E-state index in [0.29, 0.717) is 23.5 Å². The number of amides is 2. The van der Waals surface area contributed by atoms with Crippen molar-refractivity contribution >= 4 is 23.4 Å². The van der Waals surface area contributed by atoms with Gasteiger partial charge in [0, 0.05) is 11.9 Å². The van der Waals surface area contributed by atoms with E-state index < -0.39 is 5.97 Å². The molecule has 0 saturated heterocycles. The van der Waals surface area contributed by atoms with Crippen molar-refractivity contribution in [3.05, 3.63) is 112 Å². The average Bonchev–Trinajstić information content (AvgIpc) is 2.87. The standard InChI is InChI=1S/C29H28N4O4/c1-19-6-3-4-8-25(19)32-29(37)31-23-13-14-26(30-17-23)24-7-5-15-33(28(24)36)18-21-9-11-22(12-10-21)20(2)16-27(34)35/h3-15,17,20H,16,18H2,1-2H3,(H,34,35)(H2,31,32,37)/t20-/m1/s1. The lowest BCUT2D eigenvalue weighted by Crippen LogP contribution is -2.22. The number of hydrogen-bond donors (Lipinski definition) is 3. The van der Waals surface area contributed by atoms with E-state index in [1.54, 1.807) is 35.0 Å². The molecule has 0 fully saturated rings. The molecule has 0 spiro atoms. The van der Waals surface area contributed by atoms with E-state index in [2.05, 4.69) is 15.6 Å². The van der Waals surface area contributed by atoms with Crippen LogP contribution in [0.5, 0.6) is 0 Å². The number of hydrogen-bond acceptors (Lipinski definition) is 4. The number of carbonyl (C=O) groups is 2. The lowest BCUT2D eigenvalue weighted by Gasteiger charge is -2.12. The third-order valence-electron chi connectivity index (χ3n) is 6.09. The maximum atomic E-state index is 13.1. The van der Waals surface area contributed by atoms with Crippen molar-refractivity contribution in [2.45, 2.75) is 32.7 Å². The number of carboxylic acids is 1. The van der Waals surface area contributed by atoms with E-state index in [4.69, 9.17) is 5.11 Å². The molecule has 2 heterocycles. The first-order valence-electron chi connectivity index (χ1n) is 11.9. The maximum absolute atomic E-state index is 13.1. The summed E-state index contributed by atoms with van der Waals surface area (Å²) in [7, 11) is 0. The van der Waals surface area contributed by atoms with Crippen LogP contribution in [0.2, 0.25) is 0 Å². The molecule has 0 saturated carbocycles. The van der Waals surface area contributed by atoms with Crippen LogP contribution in [0.3, 0.4) is 0 Å². The number of carbonyl (C=O) groups excluding carboxylic acids is 1. The minimum absolute atomic E-state index is 0.0690. The normalized spacial score (nSPS) is 11.5. The Bertz CT molecular complexity index is 1460. The Balaban J connectivity index is 1.44. The highest BCUT2D eigenvalue weighted by atomic mass is 16.4. The SMILES string of the molecule is Cc1ccccc1NC(=O)Nc1ccc(-c2cccn(Cc3ccc([C@H](C)CC(=O)O)cc3)c2=O)nc1. The van der Waals surface area contributed by atoms with Crippen LogP contribution in [-0.2, 0) is 11.3 Å². The van der Waals surface area contributed by atoms with E-state index in [1.165, 1.54) is 6.20 Å². The van der Waals surface area contributed by atoms with E-state index >= 15 is 0 Å². The molecule has 8 nitrogen and oxygen atoms in total. The summed E-state index contributed by atoms with van der Waals surface area (Å²) in [4.78, 5) is 40.8. The zero-order valence-corrected chi connectivity index (χ0v) is 20.6. The number of anilines is 2. The smallest absolute Gasteiger partial charge is 0.323 e. The number of aromatic nitrogens is 2. The van der Waals surface area contributed by atoms with Gasteiger partial charge in [0.2, 0.25) is 0 Å². The molecule has 4 aromatic rings. The minimum atomic E-state index is -0.831. The highest BCUT2D eigenvalue weighted by Gasteiger charge is 2.12. The number of aliphatic carboxylic acids is 1. The predicted octanol–water partition coefficient (Wildman–Crippen LogP) is 5.49. The fourth-order valence-corrected chi connectivity index (χ4v) is 4.01. The molecule has 0 bridgehead atoms. The number of aryl methyl sites for hydroxylation is 1. The predicted molar refractivity (Wildman–Crippen MR) is 144 cm³/mol. The summed E-state index contributed by atoms with van der Waals surface area (Å²) in [5.41, 5.74) is 4.82. The third kappa shape index (κ3) is 6.49. The number of para-hydroxylation sites is 1. The molecule has 2 aromatic heterocycles. The second-order valence-electron chi connectivity index (χ2n) is 8.92. The van der Waals surface area contributed by atoms with E-state index in [-0.39, 0.29) is 23.9 Å². The van der Waals surface area contributed by atoms with Crippen LogP contribution in [0.15, 0.2) is 90.0 Å². The van der Waals surface area contributed by atoms with Crippen molar-refractivity contribution in [2.24, 2.45) is 0 Å². The molecule has 4 rings (SSSR count). The molecule has 2 amide bonds.